The first-order valence-corrected chi connectivity index (χ1v) is 8.34. The number of ether oxygens (including phenoxy) is 1. The lowest BCUT2D eigenvalue weighted by atomic mass is 10.1. The number of hydrogen-bond acceptors (Lipinski definition) is 4. The fourth-order valence-electron chi connectivity index (χ4n) is 3.12. The molecule has 7 heteroatoms. The number of fused-ring (bicyclic) bond motifs is 1. The molecule has 2 aromatic rings. The zero-order valence-electron chi connectivity index (χ0n) is 14.1. The van der Waals surface area contributed by atoms with E-state index < -0.39 is 0 Å². The summed E-state index contributed by atoms with van der Waals surface area (Å²) in [4.78, 5) is 29.9. The highest BCUT2D eigenvalue weighted by molar-refractivity contribution is 6.00. The topological polar surface area (TPSA) is 76.5 Å². The minimum absolute atomic E-state index is 0.0335. The molecule has 0 atom stereocenters. The highest BCUT2D eigenvalue weighted by atomic mass is 16.5. The molecule has 0 saturated heterocycles. The summed E-state index contributed by atoms with van der Waals surface area (Å²) in [5.74, 6) is 0.367. The van der Waals surface area contributed by atoms with Gasteiger partial charge in [-0.25, -0.2) is 4.98 Å². The first kappa shape index (κ1) is 15.7. The van der Waals surface area contributed by atoms with Crippen molar-refractivity contribution in [2.75, 3.05) is 25.1 Å². The first-order valence-electron chi connectivity index (χ1n) is 8.34. The second kappa shape index (κ2) is 5.91. The molecular weight excluding hydrogens is 320 g/mol. The number of carbonyl (C=O) groups excluding carboxylic acids is 2. The number of benzene rings is 1. The fraction of sp³-hybridized carbons (Fsp3) is 0.389. The van der Waals surface area contributed by atoms with Crippen molar-refractivity contribution in [1.82, 2.24) is 14.9 Å². The second-order valence-corrected chi connectivity index (χ2v) is 6.84. The molecule has 1 saturated carbocycles. The van der Waals surface area contributed by atoms with E-state index in [4.69, 9.17) is 4.74 Å². The van der Waals surface area contributed by atoms with E-state index in [1.165, 1.54) is 4.90 Å². The van der Waals surface area contributed by atoms with Gasteiger partial charge in [-0.1, -0.05) is 0 Å². The van der Waals surface area contributed by atoms with Gasteiger partial charge in [0.25, 0.3) is 11.8 Å². The lowest BCUT2D eigenvalue weighted by Gasteiger charge is -2.26. The van der Waals surface area contributed by atoms with E-state index in [2.05, 4.69) is 14.9 Å². The van der Waals surface area contributed by atoms with E-state index in [1.807, 2.05) is 6.20 Å². The van der Waals surface area contributed by atoms with Crippen LogP contribution >= 0.6 is 0 Å². The Labute approximate surface area is 145 Å². The molecule has 7 nitrogen and oxygen atoms in total. The molecule has 1 aromatic heterocycles. The number of nitrogens with one attached hydrogen (secondary N) is 1. The van der Waals surface area contributed by atoms with Gasteiger partial charge in [-0.3, -0.25) is 9.59 Å². The molecule has 25 heavy (non-hydrogen) atoms. The summed E-state index contributed by atoms with van der Waals surface area (Å²) < 4.78 is 7.44. The Hall–Kier alpha value is -2.83. The summed E-state index contributed by atoms with van der Waals surface area (Å²) >= 11 is 0. The maximum absolute atomic E-state index is 12.5. The van der Waals surface area contributed by atoms with Crippen LogP contribution < -0.4 is 15.0 Å². The van der Waals surface area contributed by atoms with Gasteiger partial charge in [0, 0.05) is 43.5 Å². The number of amides is 2. The van der Waals surface area contributed by atoms with Crippen molar-refractivity contribution >= 4 is 17.5 Å². The molecule has 0 unspecified atom stereocenters. The van der Waals surface area contributed by atoms with Crippen LogP contribution in [0.4, 0.5) is 5.69 Å². The Morgan fingerprint density at radius 2 is 2.24 bits per heavy atom. The van der Waals surface area contributed by atoms with Gasteiger partial charge in [0.05, 0.1) is 12.0 Å². The highest BCUT2D eigenvalue weighted by Crippen LogP contribution is 2.46. The third-order valence-electron chi connectivity index (χ3n) is 4.97. The molecule has 130 valence electrons. The van der Waals surface area contributed by atoms with Gasteiger partial charge in [0.15, 0.2) is 6.61 Å². The van der Waals surface area contributed by atoms with E-state index in [-0.39, 0.29) is 23.8 Å². The van der Waals surface area contributed by atoms with Crippen LogP contribution in [-0.2, 0) is 11.3 Å². The molecule has 0 spiro atoms. The Balaban J connectivity index is 1.43. The van der Waals surface area contributed by atoms with Crippen LogP contribution in [0.15, 0.2) is 36.9 Å². The SMILES string of the molecule is CN1C(=O)COc2ccc(C(=O)NCC3(Cn4ccnc4)CC3)cc21. The van der Waals surface area contributed by atoms with Gasteiger partial charge in [0.2, 0.25) is 0 Å². The Morgan fingerprint density at radius 1 is 1.40 bits per heavy atom. The Kier molecular flexibility index (Phi) is 3.71. The standard InChI is InChI=1S/C18H20N4O3/c1-21-14-8-13(2-3-15(14)25-9-16(21)23)17(24)20-10-18(4-5-18)11-22-7-6-19-12-22/h2-3,6-8,12H,4-5,9-11H2,1H3,(H,20,24). The Bertz CT molecular complexity index is 812. The monoisotopic (exact) mass is 340 g/mol. The summed E-state index contributed by atoms with van der Waals surface area (Å²) in [7, 11) is 1.69. The molecule has 2 aliphatic rings. The summed E-state index contributed by atoms with van der Waals surface area (Å²) in [6.45, 7) is 1.53. The van der Waals surface area contributed by atoms with Crippen molar-refractivity contribution < 1.29 is 14.3 Å². The van der Waals surface area contributed by atoms with E-state index in [9.17, 15) is 9.59 Å². The summed E-state index contributed by atoms with van der Waals surface area (Å²) in [6.07, 6.45) is 7.71. The average Bonchev–Trinajstić information content (AvgIpc) is 3.19. The zero-order valence-corrected chi connectivity index (χ0v) is 14.1. The predicted molar refractivity (Wildman–Crippen MR) is 91.6 cm³/mol. The van der Waals surface area contributed by atoms with Gasteiger partial charge >= 0.3 is 0 Å². The minimum atomic E-state index is -0.133. The number of rotatable bonds is 5. The molecule has 1 fully saturated rings. The third-order valence-corrected chi connectivity index (χ3v) is 4.97. The number of nitrogens with zero attached hydrogens (tertiary/aromatic N) is 3. The fourth-order valence-corrected chi connectivity index (χ4v) is 3.12. The molecule has 1 aliphatic heterocycles. The zero-order chi connectivity index (χ0) is 17.4. The number of anilines is 1. The van der Waals surface area contributed by atoms with Crippen LogP contribution in [0.5, 0.6) is 5.75 Å². The molecule has 2 amide bonds. The van der Waals surface area contributed by atoms with E-state index in [0.717, 1.165) is 19.4 Å². The van der Waals surface area contributed by atoms with Gasteiger partial charge in [0.1, 0.15) is 5.75 Å². The van der Waals surface area contributed by atoms with Crippen molar-refractivity contribution in [3.05, 3.63) is 42.5 Å². The van der Waals surface area contributed by atoms with E-state index in [0.29, 0.717) is 23.5 Å². The largest absolute Gasteiger partial charge is 0.482 e. The average molecular weight is 340 g/mol. The van der Waals surface area contributed by atoms with Crippen molar-refractivity contribution in [3.63, 3.8) is 0 Å². The normalized spacial score (nSPS) is 17.6. The quantitative estimate of drug-likeness (QED) is 0.894. The minimum Gasteiger partial charge on any atom is -0.482 e. The molecular formula is C18H20N4O3. The van der Waals surface area contributed by atoms with Crippen LogP contribution in [0, 0.1) is 5.41 Å². The van der Waals surface area contributed by atoms with Crippen molar-refractivity contribution in [2.24, 2.45) is 5.41 Å². The second-order valence-electron chi connectivity index (χ2n) is 6.84. The number of carbonyl (C=O) groups is 2. The summed E-state index contributed by atoms with van der Waals surface area (Å²) in [6, 6.07) is 5.18. The molecule has 1 aromatic carbocycles. The number of imidazole rings is 1. The molecule has 0 radical (unpaired) electrons. The van der Waals surface area contributed by atoms with Crippen LogP contribution in [0.3, 0.4) is 0 Å². The molecule has 1 aliphatic carbocycles. The predicted octanol–water partition coefficient (Wildman–Crippen LogP) is 1.45. The molecule has 4 rings (SSSR count). The molecule has 1 N–H and O–H groups in total. The van der Waals surface area contributed by atoms with E-state index >= 15 is 0 Å². The summed E-state index contributed by atoms with van der Waals surface area (Å²) in [5, 5.41) is 3.03. The van der Waals surface area contributed by atoms with Gasteiger partial charge in [-0.15, -0.1) is 0 Å². The smallest absolute Gasteiger partial charge is 0.264 e. The maximum Gasteiger partial charge on any atom is 0.264 e. The van der Waals surface area contributed by atoms with Gasteiger partial charge < -0.3 is 19.5 Å². The van der Waals surface area contributed by atoms with Crippen LogP contribution in [-0.4, -0.2) is 41.6 Å². The van der Waals surface area contributed by atoms with Gasteiger partial charge in [-0.2, -0.15) is 0 Å². The number of aromatic nitrogens is 2. The van der Waals surface area contributed by atoms with Crippen LogP contribution in [0.25, 0.3) is 0 Å². The van der Waals surface area contributed by atoms with E-state index in [1.54, 1.807) is 37.8 Å². The third kappa shape index (κ3) is 3.09. The maximum atomic E-state index is 12.5. The molecule has 2 heterocycles. The lowest BCUT2D eigenvalue weighted by molar-refractivity contribution is -0.120. The van der Waals surface area contributed by atoms with Crippen molar-refractivity contribution in [2.45, 2.75) is 19.4 Å². The lowest BCUT2D eigenvalue weighted by Crippen LogP contribution is -2.36. The van der Waals surface area contributed by atoms with Crippen molar-refractivity contribution in [1.29, 1.82) is 0 Å². The first-order chi connectivity index (χ1) is 12.1. The highest BCUT2D eigenvalue weighted by Gasteiger charge is 2.43. The number of likely N-dealkylation sites (N-methyl/N-ethyl adjacent to an activating group) is 1. The number of hydrogen-bond donors (Lipinski definition) is 1. The van der Waals surface area contributed by atoms with Crippen molar-refractivity contribution in [3.8, 4) is 5.75 Å². The Morgan fingerprint density at radius 3 is 2.96 bits per heavy atom. The van der Waals surface area contributed by atoms with Gasteiger partial charge in [-0.05, 0) is 31.0 Å². The van der Waals surface area contributed by atoms with Crippen LogP contribution in [0.2, 0.25) is 0 Å². The molecule has 0 bridgehead atoms. The summed E-state index contributed by atoms with van der Waals surface area (Å²) in [5.41, 5.74) is 1.28. The van der Waals surface area contributed by atoms with Crippen LogP contribution in [0.1, 0.15) is 23.2 Å².